The summed E-state index contributed by atoms with van der Waals surface area (Å²) in [4.78, 5) is 9.06. The summed E-state index contributed by atoms with van der Waals surface area (Å²) in [5.41, 5.74) is 1.67. The predicted octanol–water partition coefficient (Wildman–Crippen LogP) is 2.51. The molecule has 0 radical (unpaired) electrons. The molecule has 2 atom stereocenters. The van der Waals surface area contributed by atoms with Gasteiger partial charge in [-0.05, 0) is 18.8 Å². The molecule has 132 valence electrons. The molecule has 2 N–H and O–H groups in total. The minimum atomic E-state index is 0.0579. The zero-order chi connectivity index (χ0) is 17.2. The van der Waals surface area contributed by atoms with Crippen molar-refractivity contribution in [1.82, 2.24) is 29.5 Å². The lowest BCUT2D eigenvalue weighted by atomic mass is 9.86. The highest BCUT2D eigenvalue weighted by Gasteiger charge is 2.25. The van der Waals surface area contributed by atoms with Gasteiger partial charge in [-0.2, -0.15) is 15.2 Å². The van der Waals surface area contributed by atoms with Gasteiger partial charge >= 0.3 is 0 Å². The van der Waals surface area contributed by atoms with E-state index in [0.29, 0.717) is 24.5 Å². The van der Waals surface area contributed by atoms with Crippen molar-refractivity contribution in [2.75, 3.05) is 11.9 Å². The first-order valence-corrected chi connectivity index (χ1v) is 8.85. The second-order valence-corrected chi connectivity index (χ2v) is 6.73. The van der Waals surface area contributed by atoms with Gasteiger partial charge in [0.05, 0.1) is 42.7 Å². The molecular weight excluding hydrogens is 318 g/mol. The molecule has 0 saturated heterocycles. The molecule has 3 heterocycles. The molecule has 8 heteroatoms. The maximum Gasteiger partial charge on any atom is 0.229 e. The van der Waals surface area contributed by atoms with Crippen LogP contribution in [0, 0.1) is 5.92 Å². The summed E-state index contributed by atoms with van der Waals surface area (Å²) in [6.07, 6.45) is 12.1. The van der Waals surface area contributed by atoms with E-state index in [1.54, 1.807) is 17.1 Å². The molecule has 1 aliphatic carbocycles. The van der Waals surface area contributed by atoms with Crippen molar-refractivity contribution >= 4 is 22.7 Å². The Labute approximate surface area is 145 Å². The van der Waals surface area contributed by atoms with Crippen molar-refractivity contribution in [2.45, 2.75) is 45.2 Å². The second kappa shape index (κ2) is 6.79. The number of anilines is 2. The van der Waals surface area contributed by atoms with Gasteiger partial charge in [0.2, 0.25) is 5.95 Å². The van der Waals surface area contributed by atoms with Gasteiger partial charge < -0.3 is 10.4 Å². The van der Waals surface area contributed by atoms with Crippen molar-refractivity contribution in [2.24, 2.45) is 5.92 Å². The maximum atomic E-state index is 8.97. The summed E-state index contributed by atoms with van der Waals surface area (Å²) in [5, 5.41) is 21.9. The van der Waals surface area contributed by atoms with E-state index in [2.05, 4.69) is 37.1 Å². The predicted molar refractivity (Wildman–Crippen MR) is 94.6 cm³/mol. The van der Waals surface area contributed by atoms with Crippen molar-refractivity contribution in [3.63, 3.8) is 0 Å². The smallest absolute Gasteiger partial charge is 0.229 e. The molecule has 0 aliphatic heterocycles. The van der Waals surface area contributed by atoms with Gasteiger partial charge in [0, 0.05) is 12.4 Å². The highest BCUT2D eigenvalue weighted by Crippen LogP contribution is 2.34. The standard InChI is InChI=1S/C17H23N7O/c1-12-4-2-3-5-15(12)24-16-13(9-20-24)8-18-17(22-16)21-14-10-19-23(11-14)6-7-25/h8-12,15,25H,2-7H2,1H3,(H,18,21,22)/t12-,15-/m0/s1. The Hall–Kier alpha value is -2.48. The molecular formula is C17H23N7O. The fourth-order valence-corrected chi connectivity index (χ4v) is 3.58. The van der Waals surface area contributed by atoms with Crippen LogP contribution in [0.15, 0.2) is 24.8 Å². The van der Waals surface area contributed by atoms with Crippen LogP contribution in [-0.4, -0.2) is 41.2 Å². The number of aromatic nitrogens is 6. The van der Waals surface area contributed by atoms with Crippen molar-refractivity contribution in [3.8, 4) is 0 Å². The van der Waals surface area contributed by atoms with Gasteiger partial charge in [0.15, 0.2) is 5.65 Å². The van der Waals surface area contributed by atoms with Crippen LogP contribution < -0.4 is 5.32 Å². The molecule has 0 spiro atoms. The van der Waals surface area contributed by atoms with E-state index in [-0.39, 0.29) is 6.61 Å². The average Bonchev–Trinajstić information content (AvgIpc) is 3.22. The maximum absolute atomic E-state index is 8.97. The zero-order valence-electron chi connectivity index (χ0n) is 14.3. The van der Waals surface area contributed by atoms with Crippen LogP contribution >= 0.6 is 0 Å². The lowest BCUT2D eigenvalue weighted by Crippen LogP contribution is -2.22. The van der Waals surface area contributed by atoms with Crippen molar-refractivity contribution < 1.29 is 5.11 Å². The number of hydrogen-bond acceptors (Lipinski definition) is 6. The third-order valence-electron chi connectivity index (χ3n) is 4.93. The first kappa shape index (κ1) is 16.0. The van der Waals surface area contributed by atoms with Crippen LogP contribution in [-0.2, 0) is 6.54 Å². The number of rotatable bonds is 5. The highest BCUT2D eigenvalue weighted by atomic mass is 16.3. The summed E-state index contributed by atoms with van der Waals surface area (Å²) in [6, 6.07) is 0.404. The van der Waals surface area contributed by atoms with Crippen LogP contribution in [0.5, 0.6) is 0 Å². The molecule has 1 saturated carbocycles. The van der Waals surface area contributed by atoms with Gasteiger partial charge in [-0.25, -0.2) is 9.67 Å². The molecule has 1 fully saturated rings. The summed E-state index contributed by atoms with van der Waals surface area (Å²) in [6.45, 7) is 2.82. The number of aliphatic hydroxyl groups excluding tert-OH is 1. The SMILES string of the molecule is C[C@H]1CCCC[C@@H]1n1ncc2cnc(Nc3cnn(CCO)c3)nc21. The summed E-state index contributed by atoms with van der Waals surface area (Å²) >= 11 is 0. The topological polar surface area (TPSA) is 93.7 Å². The Kier molecular flexibility index (Phi) is 4.35. The minimum absolute atomic E-state index is 0.0579. The average molecular weight is 341 g/mol. The Bertz CT molecular complexity index is 856. The fourth-order valence-electron chi connectivity index (χ4n) is 3.58. The van der Waals surface area contributed by atoms with Crippen LogP contribution in [0.4, 0.5) is 11.6 Å². The largest absolute Gasteiger partial charge is 0.394 e. The number of aliphatic hydroxyl groups is 1. The molecule has 0 aromatic carbocycles. The lowest BCUT2D eigenvalue weighted by Gasteiger charge is -2.29. The third kappa shape index (κ3) is 3.21. The van der Waals surface area contributed by atoms with Crippen molar-refractivity contribution in [3.05, 3.63) is 24.8 Å². The number of nitrogens with zero attached hydrogens (tertiary/aromatic N) is 6. The third-order valence-corrected chi connectivity index (χ3v) is 4.93. The molecule has 0 unspecified atom stereocenters. The van der Waals surface area contributed by atoms with E-state index in [1.165, 1.54) is 19.3 Å². The summed E-state index contributed by atoms with van der Waals surface area (Å²) in [5.74, 6) is 1.14. The van der Waals surface area contributed by atoms with Gasteiger partial charge in [0.1, 0.15) is 0 Å². The lowest BCUT2D eigenvalue weighted by molar-refractivity contribution is 0.245. The fraction of sp³-hybridized carbons (Fsp3) is 0.529. The molecule has 0 bridgehead atoms. The van der Waals surface area contributed by atoms with Gasteiger partial charge in [-0.1, -0.05) is 19.8 Å². The van der Waals surface area contributed by atoms with E-state index in [0.717, 1.165) is 23.1 Å². The number of fused-ring (bicyclic) bond motifs is 1. The summed E-state index contributed by atoms with van der Waals surface area (Å²) < 4.78 is 3.75. The van der Waals surface area contributed by atoms with Crippen molar-refractivity contribution in [1.29, 1.82) is 0 Å². The van der Waals surface area contributed by atoms with Crippen LogP contribution in [0.3, 0.4) is 0 Å². The van der Waals surface area contributed by atoms with Gasteiger partial charge in [-0.15, -0.1) is 0 Å². The Balaban J connectivity index is 1.61. The van der Waals surface area contributed by atoms with E-state index >= 15 is 0 Å². The van der Waals surface area contributed by atoms with E-state index in [4.69, 9.17) is 5.11 Å². The molecule has 4 rings (SSSR count). The quantitative estimate of drug-likeness (QED) is 0.740. The Morgan fingerprint density at radius 3 is 2.92 bits per heavy atom. The van der Waals surface area contributed by atoms with Gasteiger partial charge in [-0.3, -0.25) is 4.68 Å². The molecule has 8 nitrogen and oxygen atoms in total. The second-order valence-electron chi connectivity index (χ2n) is 6.73. The summed E-state index contributed by atoms with van der Waals surface area (Å²) in [7, 11) is 0. The molecule has 3 aromatic heterocycles. The van der Waals surface area contributed by atoms with E-state index in [9.17, 15) is 0 Å². The Morgan fingerprint density at radius 1 is 1.20 bits per heavy atom. The van der Waals surface area contributed by atoms with Crippen LogP contribution in [0.2, 0.25) is 0 Å². The molecule has 3 aromatic rings. The Morgan fingerprint density at radius 2 is 2.08 bits per heavy atom. The first-order valence-electron chi connectivity index (χ1n) is 8.85. The molecule has 25 heavy (non-hydrogen) atoms. The zero-order valence-corrected chi connectivity index (χ0v) is 14.3. The highest BCUT2D eigenvalue weighted by molar-refractivity contribution is 5.75. The normalized spacial score (nSPS) is 20.9. The number of nitrogens with one attached hydrogen (secondary N) is 1. The minimum Gasteiger partial charge on any atom is -0.394 e. The van der Waals surface area contributed by atoms with Crippen LogP contribution in [0.25, 0.3) is 11.0 Å². The number of hydrogen-bond donors (Lipinski definition) is 2. The first-order chi connectivity index (χ1) is 12.2. The van der Waals surface area contributed by atoms with Gasteiger partial charge in [0.25, 0.3) is 0 Å². The monoisotopic (exact) mass is 341 g/mol. The van der Waals surface area contributed by atoms with E-state index < -0.39 is 0 Å². The van der Waals surface area contributed by atoms with E-state index in [1.807, 2.05) is 12.4 Å². The molecule has 1 aliphatic rings. The molecule has 0 amide bonds. The van der Waals surface area contributed by atoms with Crippen LogP contribution in [0.1, 0.15) is 38.6 Å².